The van der Waals surface area contributed by atoms with Crippen LogP contribution in [-0.2, 0) is 13.0 Å². The molecular formula is C21H20N2O3S. The number of carbonyl (C=O) groups excluding carboxylic acids is 1. The minimum absolute atomic E-state index is 0.104. The Morgan fingerprint density at radius 1 is 1.26 bits per heavy atom. The van der Waals surface area contributed by atoms with Crippen LogP contribution in [0.15, 0.2) is 59.4 Å². The van der Waals surface area contributed by atoms with Crippen LogP contribution >= 0.6 is 11.3 Å². The summed E-state index contributed by atoms with van der Waals surface area (Å²) in [6, 6.07) is 15.3. The molecular weight excluding hydrogens is 360 g/mol. The van der Waals surface area contributed by atoms with Gasteiger partial charge < -0.3 is 14.8 Å². The van der Waals surface area contributed by atoms with E-state index in [-0.39, 0.29) is 11.8 Å². The van der Waals surface area contributed by atoms with Gasteiger partial charge >= 0.3 is 0 Å². The third kappa shape index (κ3) is 4.46. The number of carbonyl (C=O) groups is 1. The zero-order valence-corrected chi connectivity index (χ0v) is 15.6. The first-order valence-corrected chi connectivity index (χ1v) is 9.81. The van der Waals surface area contributed by atoms with Gasteiger partial charge in [-0.25, -0.2) is 4.98 Å². The van der Waals surface area contributed by atoms with Crippen LogP contribution in [0.5, 0.6) is 11.5 Å². The molecule has 1 aromatic heterocycles. The summed E-state index contributed by atoms with van der Waals surface area (Å²) in [7, 11) is 0. The maximum absolute atomic E-state index is 12.5. The van der Waals surface area contributed by atoms with Gasteiger partial charge in [0.15, 0.2) is 0 Å². The highest BCUT2D eigenvalue weighted by atomic mass is 32.1. The number of ether oxygens (including phenoxy) is 2. The van der Waals surface area contributed by atoms with Crippen LogP contribution in [0.3, 0.4) is 0 Å². The van der Waals surface area contributed by atoms with E-state index in [9.17, 15) is 4.79 Å². The van der Waals surface area contributed by atoms with Crippen molar-refractivity contribution in [1.82, 2.24) is 10.3 Å². The minimum Gasteiger partial charge on any atom is -0.493 e. The lowest BCUT2D eigenvalue weighted by Gasteiger charge is -2.25. The molecule has 0 aliphatic carbocycles. The summed E-state index contributed by atoms with van der Waals surface area (Å²) in [4.78, 5) is 16.7. The Labute approximate surface area is 162 Å². The molecule has 1 amide bonds. The fraction of sp³-hybridized carbons (Fsp3) is 0.238. The van der Waals surface area contributed by atoms with Crippen molar-refractivity contribution in [3.63, 3.8) is 0 Å². The second kappa shape index (κ2) is 8.22. The van der Waals surface area contributed by atoms with Crippen molar-refractivity contribution in [2.24, 2.45) is 5.92 Å². The van der Waals surface area contributed by atoms with E-state index in [0.717, 1.165) is 17.9 Å². The summed E-state index contributed by atoms with van der Waals surface area (Å²) < 4.78 is 11.5. The highest BCUT2D eigenvalue weighted by Crippen LogP contribution is 2.26. The fourth-order valence-corrected chi connectivity index (χ4v) is 3.60. The van der Waals surface area contributed by atoms with E-state index in [1.165, 1.54) is 16.9 Å². The highest BCUT2D eigenvalue weighted by Gasteiger charge is 2.20. The smallest absolute Gasteiger partial charge is 0.251 e. The fourth-order valence-electron chi connectivity index (χ4n) is 3.05. The number of rotatable bonds is 6. The van der Waals surface area contributed by atoms with Crippen LogP contribution in [0.2, 0.25) is 0 Å². The lowest BCUT2D eigenvalue weighted by molar-refractivity contribution is 0.0938. The van der Waals surface area contributed by atoms with Gasteiger partial charge in [-0.3, -0.25) is 4.79 Å². The Bertz CT molecular complexity index is 911. The molecule has 2 heterocycles. The van der Waals surface area contributed by atoms with E-state index >= 15 is 0 Å². The van der Waals surface area contributed by atoms with Gasteiger partial charge in [0.2, 0.25) is 0 Å². The van der Waals surface area contributed by atoms with Crippen molar-refractivity contribution < 1.29 is 14.3 Å². The summed E-state index contributed by atoms with van der Waals surface area (Å²) in [5.41, 5.74) is 4.44. The average Bonchev–Trinajstić information content (AvgIpc) is 3.24. The van der Waals surface area contributed by atoms with Crippen molar-refractivity contribution >= 4 is 17.2 Å². The molecule has 5 nitrogen and oxygen atoms in total. The van der Waals surface area contributed by atoms with Crippen molar-refractivity contribution in [3.05, 3.63) is 76.2 Å². The van der Waals surface area contributed by atoms with Crippen LogP contribution < -0.4 is 14.8 Å². The van der Waals surface area contributed by atoms with Crippen LogP contribution in [0, 0.1) is 5.92 Å². The quantitative estimate of drug-likeness (QED) is 0.708. The SMILES string of the molecule is O=C(NCC1COc2ccccc2C1)c1cccc(OCc2cscn2)c1. The van der Waals surface area contributed by atoms with Gasteiger partial charge in [-0.15, -0.1) is 11.3 Å². The van der Waals surface area contributed by atoms with Gasteiger partial charge in [0.25, 0.3) is 5.91 Å². The molecule has 1 aliphatic rings. The van der Waals surface area contributed by atoms with Crippen molar-refractivity contribution in [2.45, 2.75) is 13.0 Å². The largest absolute Gasteiger partial charge is 0.493 e. The summed E-state index contributed by atoms with van der Waals surface area (Å²) >= 11 is 1.53. The third-order valence-electron chi connectivity index (χ3n) is 4.47. The summed E-state index contributed by atoms with van der Waals surface area (Å²) in [6.45, 7) is 1.60. The van der Waals surface area contributed by atoms with E-state index in [2.05, 4.69) is 16.4 Å². The van der Waals surface area contributed by atoms with Crippen molar-refractivity contribution in [3.8, 4) is 11.5 Å². The van der Waals surface area contributed by atoms with Crippen molar-refractivity contribution in [1.29, 1.82) is 0 Å². The maximum atomic E-state index is 12.5. The van der Waals surface area contributed by atoms with Gasteiger partial charge in [0, 0.05) is 23.4 Å². The molecule has 4 rings (SSSR count). The van der Waals surface area contributed by atoms with Gasteiger partial charge in [0.05, 0.1) is 17.8 Å². The molecule has 1 N–H and O–H groups in total. The van der Waals surface area contributed by atoms with E-state index in [4.69, 9.17) is 9.47 Å². The number of para-hydroxylation sites is 1. The first kappa shape index (κ1) is 17.5. The molecule has 0 fully saturated rings. The second-order valence-corrected chi connectivity index (χ2v) is 7.21. The zero-order chi connectivity index (χ0) is 18.5. The minimum atomic E-state index is -0.104. The van der Waals surface area contributed by atoms with Crippen LogP contribution in [0.25, 0.3) is 0 Å². The molecule has 2 aromatic carbocycles. The molecule has 3 aromatic rings. The topological polar surface area (TPSA) is 60.5 Å². The van der Waals surface area contributed by atoms with E-state index < -0.39 is 0 Å². The Kier molecular flexibility index (Phi) is 5.34. The molecule has 0 radical (unpaired) electrons. The first-order chi connectivity index (χ1) is 13.3. The van der Waals surface area contributed by atoms with Crippen molar-refractivity contribution in [2.75, 3.05) is 13.2 Å². The Balaban J connectivity index is 1.31. The van der Waals surface area contributed by atoms with Gasteiger partial charge in [0.1, 0.15) is 18.1 Å². The van der Waals surface area contributed by atoms with E-state index in [0.29, 0.717) is 31.1 Å². The van der Waals surface area contributed by atoms with Crippen LogP contribution in [0.1, 0.15) is 21.6 Å². The molecule has 0 bridgehead atoms. The Hall–Kier alpha value is -2.86. The van der Waals surface area contributed by atoms with E-state index in [1.807, 2.05) is 35.7 Å². The third-order valence-corrected chi connectivity index (χ3v) is 5.11. The number of nitrogens with one attached hydrogen (secondary N) is 1. The summed E-state index contributed by atoms with van der Waals surface area (Å²) in [5.74, 6) is 1.77. The van der Waals surface area contributed by atoms with E-state index in [1.54, 1.807) is 17.6 Å². The number of benzene rings is 2. The number of hydrogen-bond acceptors (Lipinski definition) is 5. The molecule has 6 heteroatoms. The predicted octanol–water partition coefficient (Wildman–Crippen LogP) is 3.70. The predicted molar refractivity (Wildman–Crippen MR) is 104 cm³/mol. The molecule has 138 valence electrons. The molecule has 1 atom stereocenters. The molecule has 0 spiro atoms. The van der Waals surface area contributed by atoms with Gasteiger partial charge in [-0.2, -0.15) is 0 Å². The summed E-state index contributed by atoms with van der Waals surface area (Å²) in [6.07, 6.45) is 0.910. The number of thiazole rings is 1. The normalized spacial score (nSPS) is 15.5. The standard InChI is InChI=1S/C21H20N2O3S/c24-21(22-10-15-8-16-4-1-2-7-20(16)26-11-15)17-5-3-6-19(9-17)25-12-18-13-27-14-23-18/h1-7,9,13-15H,8,10-12H2,(H,22,24). The molecule has 1 aliphatic heterocycles. The van der Waals surface area contributed by atoms with Crippen LogP contribution in [0.4, 0.5) is 0 Å². The summed E-state index contributed by atoms with van der Waals surface area (Å²) in [5, 5.41) is 4.96. The molecule has 0 saturated heterocycles. The van der Waals surface area contributed by atoms with Gasteiger partial charge in [-0.1, -0.05) is 24.3 Å². The second-order valence-electron chi connectivity index (χ2n) is 6.50. The van der Waals surface area contributed by atoms with Crippen LogP contribution in [-0.4, -0.2) is 24.0 Å². The lowest BCUT2D eigenvalue weighted by atomic mass is 9.96. The molecule has 27 heavy (non-hydrogen) atoms. The Morgan fingerprint density at radius 3 is 3.07 bits per heavy atom. The number of aromatic nitrogens is 1. The number of amides is 1. The van der Waals surface area contributed by atoms with Gasteiger partial charge in [-0.05, 0) is 36.2 Å². The lowest BCUT2D eigenvalue weighted by Crippen LogP contribution is -2.34. The number of nitrogens with zero attached hydrogens (tertiary/aromatic N) is 1. The number of fused-ring (bicyclic) bond motifs is 1. The molecule has 0 saturated carbocycles. The average molecular weight is 380 g/mol. The highest BCUT2D eigenvalue weighted by molar-refractivity contribution is 7.07. The monoisotopic (exact) mass is 380 g/mol. The zero-order valence-electron chi connectivity index (χ0n) is 14.8. The Morgan fingerprint density at radius 2 is 2.19 bits per heavy atom. The number of hydrogen-bond donors (Lipinski definition) is 1. The maximum Gasteiger partial charge on any atom is 0.251 e. The first-order valence-electron chi connectivity index (χ1n) is 8.87. The molecule has 1 unspecified atom stereocenters.